The summed E-state index contributed by atoms with van der Waals surface area (Å²) in [4.78, 5) is 10.4. The molecule has 27 heavy (non-hydrogen) atoms. The predicted molar refractivity (Wildman–Crippen MR) is 101 cm³/mol. The number of para-hydroxylation sites is 1. The summed E-state index contributed by atoms with van der Waals surface area (Å²) < 4.78 is 28.2. The van der Waals surface area contributed by atoms with E-state index < -0.39 is 21.0 Å². The lowest BCUT2D eigenvalue weighted by Crippen LogP contribution is -2.33. The molecule has 0 aliphatic heterocycles. The summed E-state index contributed by atoms with van der Waals surface area (Å²) in [5.41, 5.74) is 1.95. The molecule has 0 aliphatic carbocycles. The average Bonchev–Trinajstić information content (AvgIpc) is 3.08. The van der Waals surface area contributed by atoms with Gasteiger partial charge in [0.2, 0.25) is 10.0 Å². The van der Waals surface area contributed by atoms with Gasteiger partial charge in [-0.15, -0.1) is 5.10 Å². The van der Waals surface area contributed by atoms with Crippen molar-refractivity contribution in [2.75, 3.05) is 12.8 Å². The fraction of sp³-hybridized carbons (Fsp3) is 0.294. The zero-order chi connectivity index (χ0) is 19.6. The topological polar surface area (TPSA) is 111 Å². The smallest absolute Gasteiger partial charge is 0.258 e. The Kier molecular flexibility index (Phi) is 5.19. The van der Waals surface area contributed by atoms with E-state index in [9.17, 15) is 18.5 Å². The van der Waals surface area contributed by atoms with Gasteiger partial charge >= 0.3 is 0 Å². The molecular weight excluding hydrogens is 370 g/mol. The molecule has 3 rings (SSSR count). The van der Waals surface area contributed by atoms with Crippen molar-refractivity contribution in [2.24, 2.45) is 0 Å². The molecule has 0 bridgehead atoms. The third-order valence-electron chi connectivity index (χ3n) is 4.53. The van der Waals surface area contributed by atoms with Crippen molar-refractivity contribution in [3.05, 3.63) is 64.2 Å². The zero-order valence-electron chi connectivity index (χ0n) is 14.9. The number of nitro groups is 1. The number of nitro benzene ring substituents is 1. The lowest BCUT2D eigenvalue weighted by molar-refractivity contribution is -0.384. The van der Waals surface area contributed by atoms with Gasteiger partial charge in [0.15, 0.2) is 0 Å². The van der Waals surface area contributed by atoms with Crippen LogP contribution in [0.25, 0.3) is 11.0 Å². The Labute approximate surface area is 156 Å². The summed E-state index contributed by atoms with van der Waals surface area (Å²) in [5.74, 6) is -0.157. The van der Waals surface area contributed by atoms with Gasteiger partial charge in [-0.05, 0) is 24.6 Å². The molecule has 0 spiro atoms. The van der Waals surface area contributed by atoms with Crippen molar-refractivity contribution in [3.63, 3.8) is 0 Å². The van der Waals surface area contributed by atoms with Crippen LogP contribution in [-0.2, 0) is 16.6 Å². The Morgan fingerprint density at radius 2 is 1.96 bits per heavy atom. The number of hydrogen-bond donors (Lipinski definition) is 0. The molecule has 1 aromatic heterocycles. The molecule has 0 radical (unpaired) electrons. The number of fused-ring (bicyclic) bond motifs is 1. The summed E-state index contributed by atoms with van der Waals surface area (Å²) >= 11 is 0. The Balaban J connectivity index is 1.75. The van der Waals surface area contributed by atoms with Crippen molar-refractivity contribution in [1.82, 2.24) is 19.3 Å². The molecule has 0 saturated carbocycles. The van der Waals surface area contributed by atoms with Crippen LogP contribution < -0.4 is 0 Å². The minimum Gasteiger partial charge on any atom is -0.258 e. The van der Waals surface area contributed by atoms with Gasteiger partial charge in [-0.1, -0.05) is 29.5 Å². The third kappa shape index (κ3) is 3.96. The van der Waals surface area contributed by atoms with Gasteiger partial charge in [-0.25, -0.2) is 13.1 Å². The molecule has 2 aromatic carbocycles. The van der Waals surface area contributed by atoms with Gasteiger partial charge in [-0.3, -0.25) is 10.1 Å². The molecule has 1 heterocycles. The number of nitrogens with zero attached hydrogens (tertiary/aromatic N) is 5. The SMILES string of the molecule is CC(c1cccc([N+](=O)[O-])c1)N(C)S(=O)(=O)CCn1nnc2ccccc21. The fourth-order valence-corrected chi connectivity index (χ4v) is 4.07. The van der Waals surface area contributed by atoms with Crippen LogP contribution in [0.4, 0.5) is 5.69 Å². The first kappa shape index (κ1) is 18.9. The highest BCUT2D eigenvalue weighted by Gasteiger charge is 2.25. The highest BCUT2D eigenvalue weighted by Crippen LogP contribution is 2.25. The molecule has 0 N–H and O–H groups in total. The van der Waals surface area contributed by atoms with Gasteiger partial charge in [0.25, 0.3) is 5.69 Å². The van der Waals surface area contributed by atoms with Crippen LogP contribution in [0.3, 0.4) is 0 Å². The predicted octanol–water partition coefficient (Wildman–Crippen LogP) is 2.36. The number of benzene rings is 2. The number of aryl methyl sites for hydroxylation is 1. The Hall–Kier alpha value is -2.85. The number of non-ortho nitro benzene ring substituents is 1. The van der Waals surface area contributed by atoms with Gasteiger partial charge < -0.3 is 0 Å². The number of hydrogen-bond acceptors (Lipinski definition) is 6. The second kappa shape index (κ2) is 7.41. The van der Waals surface area contributed by atoms with E-state index in [0.29, 0.717) is 11.1 Å². The monoisotopic (exact) mass is 389 g/mol. The van der Waals surface area contributed by atoms with E-state index in [1.54, 1.807) is 23.7 Å². The van der Waals surface area contributed by atoms with Gasteiger partial charge in [0.05, 0.1) is 22.7 Å². The summed E-state index contributed by atoms with van der Waals surface area (Å²) in [6, 6.07) is 12.8. The number of sulfonamides is 1. The van der Waals surface area contributed by atoms with Crippen LogP contribution in [0.1, 0.15) is 18.5 Å². The first-order chi connectivity index (χ1) is 12.8. The quantitative estimate of drug-likeness (QED) is 0.453. The molecule has 3 aromatic rings. The standard InChI is InChI=1S/C17H19N5O4S/c1-13(14-6-5-7-15(12-14)22(23)24)20(2)27(25,26)11-10-21-17-9-4-3-8-16(17)18-19-21/h3-9,12-13H,10-11H2,1-2H3. The van der Waals surface area contributed by atoms with Crippen molar-refractivity contribution in [3.8, 4) is 0 Å². The number of rotatable bonds is 7. The van der Waals surface area contributed by atoms with Gasteiger partial charge in [0.1, 0.15) is 5.52 Å². The maximum absolute atomic E-state index is 12.7. The van der Waals surface area contributed by atoms with Crippen molar-refractivity contribution in [2.45, 2.75) is 19.5 Å². The van der Waals surface area contributed by atoms with E-state index in [1.807, 2.05) is 24.3 Å². The maximum atomic E-state index is 12.7. The van der Waals surface area contributed by atoms with Crippen LogP contribution in [0.2, 0.25) is 0 Å². The lowest BCUT2D eigenvalue weighted by Gasteiger charge is -2.24. The Bertz CT molecular complexity index is 1080. The second-order valence-corrected chi connectivity index (χ2v) is 8.31. The average molecular weight is 389 g/mol. The Morgan fingerprint density at radius 1 is 1.22 bits per heavy atom. The molecule has 1 unspecified atom stereocenters. The van der Waals surface area contributed by atoms with E-state index >= 15 is 0 Å². The molecule has 142 valence electrons. The fourth-order valence-electron chi connectivity index (χ4n) is 2.78. The lowest BCUT2D eigenvalue weighted by atomic mass is 10.1. The van der Waals surface area contributed by atoms with Gasteiger partial charge in [-0.2, -0.15) is 4.31 Å². The van der Waals surface area contributed by atoms with E-state index in [4.69, 9.17) is 0 Å². The van der Waals surface area contributed by atoms with E-state index in [2.05, 4.69) is 10.3 Å². The summed E-state index contributed by atoms with van der Waals surface area (Å²) in [7, 11) is -2.14. The van der Waals surface area contributed by atoms with E-state index in [1.165, 1.54) is 23.5 Å². The van der Waals surface area contributed by atoms with Crippen LogP contribution >= 0.6 is 0 Å². The van der Waals surface area contributed by atoms with Crippen LogP contribution in [0.15, 0.2) is 48.5 Å². The van der Waals surface area contributed by atoms with Crippen LogP contribution in [0.5, 0.6) is 0 Å². The van der Waals surface area contributed by atoms with E-state index in [-0.39, 0.29) is 18.0 Å². The summed E-state index contributed by atoms with van der Waals surface area (Å²) in [6.07, 6.45) is 0. The van der Waals surface area contributed by atoms with Crippen molar-refractivity contribution in [1.29, 1.82) is 0 Å². The largest absolute Gasteiger partial charge is 0.269 e. The molecule has 0 aliphatic rings. The molecule has 0 saturated heterocycles. The highest BCUT2D eigenvalue weighted by atomic mass is 32.2. The minimum absolute atomic E-state index is 0.0702. The molecular formula is C17H19N5O4S. The Morgan fingerprint density at radius 3 is 2.70 bits per heavy atom. The number of aromatic nitrogens is 3. The molecule has 9 nitrogen and oxygen atoms in total. The summed E-state index contributed by atoms with van der Waals surface area (Å²) in [5, 5.41) is 19.0. The zero-order valence-corrected chi connectivity index (χ0v) is 15.7. The minimum atomic E-state index is -3.61. The molecule has 1 atom stereocenters. The first-order valence-electron chi connectivity index (χ1n) is 8.28. The highest BCUT2D eigenvalue weighted by molar-refractivity contribution is 7.89. The third-order valence-corrected chi connectivity index (χ3v) is 6.42. The van der Waals surface area contributed by atoms with Gasteiger partial charge in [0, 0.05) is 25.2 Å². The molecule has 0 amide bonds. The van der Waals surface area contributed by atoms with Crippen molar-refractivity contribution < 1.29 is 13.3 Å². The molecule has 0 fully saturated rings. The summed E-state index contributed by atoms with van der Waals surface area (Å²) in [6.45, 7) is 1.86. The first-order valence-corrected chi connectivity index (χ1v) is 9.89. The van der Waals surface area contributed by atoms with E-state index in [0.717, 1.165) is 5.52 Å². The second-order valence-electron chi connectivity index (χ2n) is 6.16. The van der Waals surface area contributed by atoms with Crippen molar-refractivity contribution >= 4 is 26.7 Å². The normalized spacial score (nSPS) is 13.1. The van der Waals surface area contributed by atoms with Crippen LogP contribution in [-0.4, -0.2) is 45.4 Å². The maximum Gasteiger partial charge on any atom is 0.269 e. The molecule has 10 heteroatoms. The van der Waals surface area contributed by atoms with Crippen LogP contribution in [0, 0.1) is 10.1 Å².